The van der Waals surface area contributed by atoms with E-state index < -0.39 is 0 Å². The van der Waals surface area contributed by atoms with Gasteiger partial charge in [-0.05, 0) is 12.7 Å². The Balaban J connectivity index is 2.33. The van der Waals surface area contributed by atoms with Crippen LogP contribution in [0.5, 0.6) is 0 Å². The van der Waals surface area contributed by atoms with Crippen molar-refractivity contribution in [3.63, 3.8) is 0 Å². The van der Waals surface area contributed by atoms with Gasteiger partial charge in [0.25, 0.3) is 0 Å². The summed E-state index contributed by atoms with van der Waals surface area (Å²) < 4.78 is 1.90. The van der Waals surface area contributed by atoms with Crippen LogP contribution in [0, 0.1) is 0 Å². The van der Waals surface area contributed by atoms with Crippen LogP contribution < -0.4 is 5.32 Å². The molecule has 0 aliphatic carbocycles. The highest BCUT2D eigenvalue weighted by molar-refractivity contribution is 7.99. The molecule has 1 unspecified atom stereocenters. The molecule has 1 rings (SSSR count). The maximum Gasteiger partial charge on any atom is 0.128 e. The Morgan fingerprint density at radius 3 is 2.93 bits per heavy atom. The quantitative estimate of drug-likeness (QED) is 0.837. The topological polar surface area (TPSA) is 29.9 Å². The van der Waals surface area contributed by atoms with E-state index in [0.717, 1.165) is 18.1 Å². The van der Waals surface area contributed by atoms with Crippen LogP contribution in [0.2, 0.25) is 5.15 Å². The Labute approximate surface area is 101 Å². The maximum absolute atomic E-state index is 5.90. The van der Waals surface area contributed by atoms with Gasteiger partial charge in [-0.25, -0.2) is 4.98 Å². The standard InChI is InChI=1S/C10H18ClN3S/c1-4-15-7-8(2)12-6-10-13-5-9(11)14(10)3/h5,8,12H,4,6-7H2,1-3H3. The van der Waals surface area contributed by atoms with E-state index in [-0.39, 0.29) is 0 Å². The number of hydrogen-bond donors (Lipinski definition) is 1. The molecule has 1 atom stereocenters. The van der Waals surface area contributed by atoms with Gasteiger partial charge in [0, 0.05) is 18.8 Å². The zero-order chi connectivity index (χ0) is 11.3. The molecule has 15 heavy (non-hydrogen) atoms. The molecule has 0 bridgehead atoms. The lowest BCUT2D eigenvalue weighted by Gasteiger charge is -2.12. The second-order valence-corrected chi connectivity index (χ2v) is 5.20. The van der Waals surface area contributed by atoms with Crippen LogP contribution >= 0.6 is 23.4 Å². The van der Waals surface area contributed by atoms with E-state index in [2.05, 4.69) is 24.1 Å². The van der Waals surface area contributed by atoms with E-state index >= 15 is 0 Å². The van der Waals surface area contributed by atoms with E-state index in [1.165, 1.54) is 5.75 Å². The molecule has 1 heterocycles. The van der Waals surface area contributed by atoms with Gasteiger partial charge in [-0.2, -0.15) is 11.8 Å². The Bertz CT molecular complexity index is 301. The summed E-state index contributed by atoms with van der Waals surface area (Å²) in [4.78, 5) is 4.23. The predicted octanol–water partition coefficient (Wildman–Crippen LogP) is 2.30. The first-order chi connectivity index (χ1) is 7.15. The third kappa shape index (κ3) is 4.05. The lowest BCUT2D eigenvalue weighted by Crippen LogP contribution is -2.28. The second-order valence-electron chi connectivity index (χ2n) is 3.50. The molecular weight excluding hydrogens is 230 g/mol. The van der Waals surface area contributed by atoms with Gasteiger partial charge in [-0.1, -0.05) is 18.5 Å². The summed E-state index contributed by atoms with van der Waals surface area (Å²) in [7, 11) is 1.93. The molecule has 3 nitrogen and oxygen atoms in total. The monoisotopic (exact) mass is 247 g/mol. The average Bonchev–Trinajstić information content (AvgIpc) is 2.54. The number of nitrogens with zero attached hydrogens (tertiary/aromatic N) is 2. The summed E-state index contributed by atoms with van der Waals surface area (Å²) in [6.07, 6.45) is 1.68. The highest BCUT2D eigenvalue weighted by atomic mass is 35.5. The number of aromatic nitrogens is 2. The molecular formula is C10H18ClN3S. The summed E-state index contributed by atoms with van der Waals surface area (Å²) in [5, 5.41) is 4.11. The van der Waals surface area contributed by atoms with Crippen molar-refractivity contribution in [2.24, 2.45) is 7.05 Å². The predicted molar refractivity (Wildman–Crippen MR) is 67.5 cm³/mol. The van der Waals surface area contributed by atoms with Gasteiger partial charge in [0.1, 0.15) is 11.0 Å². The maximum atomic E-state index is 5.90. The third-order valence-electron chi connectivity index (χ3n) is 2.21. The number of halogens is 1. The number of hydrogen-bond acceptors (Lipinski definition) is 3. The molecule has 0 aliphatic heterocycles. The Hall–Kier alpha value is -0.190. The highest BCUT2D eigenvalue weighted by Gasteiger charge is 2.06. The summed E-state index contributed by atoms with van der Waals surface area (Å²) in [6, 6.07) is 0.505. The summed E-state index contributed by atoms with van der Waals surface area (Å²) in [5.41, 5.74) is 0. The average molecular weight is 248 g/mol. The van der Waals surface area contributed by atoms with Crippen LogP contribution in [0.1, 0.15) is 19.7 Å². The first-order valence-electron chi connectivity index (χ1n) is 5.12. The van der Waals surface area contributed by atoms with Gasteiger partial charge in [0.15, 0.2) is 0 Å². The van der Waals surface area contributed by atoms with E-state index in [0.29, 0.717) is 11.2 Å². The van der Waals surface area contributed by atoms with E-state index in [1.807, 2.05) is 23.4 Å². The smallest absolute Gasteiger partial charge is 0.128 e. The van der Waals surface area contributed by atoms with Gasteiger partial charge >= 0.3 is 0 Å². The van der Waals surface area contributed by atoms with Crippen molar-refractivity contribution in [2.75, 3.05) is 11.5 Å². The molecule has 0 spiro atoms. The highest BCUT2D eigenvalue weighted by Crippen LogP contribution is 2.09. The number of nitrogens with one attached hydrogen (secondary N) is 1. The number of rotatable bonds is 6. The number of thioether (sulfide) groups is 1. The SMILES string of the molecule is CCSCC(C)NCc1ncc(Cl)n1C. The van der Waals surface area contributed by atoms with Gasteiger partial charge < -0.3 is 9.88 Å². The van der Waals surface area contributed by atoms with Gasteiger partial charge in [-0.15, -0.1) is 0 Å². The largest absolute Gasteiger partial charge is 0.321 e. The minimum atomic E-state index is 0.505. The molecule has 0 aromatic carbocycles. The van der Waals surface area contributed by atoms with Crippen LogP contribution in [-0.2, 0) is 13.6 Å². The lowest BCUT2D eigenvalue weighted by molar-refractivity contribution is 0.567. The normalized spacial score (nSPS) is 13.1. The van der Waals surface area contributed by atoms with Crippen molar-refractivity contribution in [3.05, 3.63) is 17.2 Å². The van der Waals surface area contributed by atoms with Gasteiger partial charge in [0.2, 0.25) is 0 Å². The fourth-order valence-corrected chi connectivity index (χ4v) is 2.06. The van der Waals surface area contributed by atoms with Crippen molar-refractivity contribution in [1.82, 2.24) is 14.9 Å². The molecule has 0 aliphatic rings. The molecule has 0 amide bonds. The zero-order valence-corrected chi connectivity index (χ0v) is 11.0. The van der Waals surface area contributed by atoms with Crippen LogP contribution in [0.3, 0.4) is 0 Å². The lowest BCUT2D eigenvalue weighted by atomic mass is 10.4. The molecule has 5 heteroatoms. The minimum absolute atomic E-state index is 0.505. The van der Waals surface area contributed by atoms with E-state index in [4.69, 9.17) is 11.6 Å². The van der Waals surface area contributed by atoms with E-state index in [9.17, 15) is 0 Å². The first-order valence-corrected chi connectivity index (χ1v) is 6.65. The fourth-order valence-electron chi connectivity index (χ4n) is 1.21. The molecule has 0 saturated carbocycles. The molecule has 1 aromatic heterocycles. The Morgan fingerprint density at radius 1 is 1.67 bits per heavy atom. The van der Waals surface area contributed by atoms with Crippen molar-refractivity contribution in [3.8, 4) is 0 Å². The Morgan fingerprint density at radius 2 is 2.40 bits per heavy atom. The van der Waals surface area contributed by atoms with Crippen LogP contribution in [0.25, 0.3) is 0 Å². The Kier molecular flexibility index (Phi) is 5.50. The van der Waals surface area contributed by atoms with Crippen LogP contribution in [0.4, 0.5) is 0 Å². The fraction of sp³-hybridized carbons (Fsp3) is 0.700. The first kappa shape index (κ1) is 12.9. The van der Waals surface area contributed by atoms with Crippen LogP contribution in [0.15, 0.2) is 6.20 Å². The van der Waals surface area contributed by atoms with Crippen molar-refractivity contribution in [2.45, 2.75) is 26.4 Å². The van der Waals surface area contributed by atoms with Gasteiger partial charge in [0.05, 0.1) is 12.7 Å². The van der Waals surface area contributed by atoms with Crippen LogP contribution in [-0.4, -0.2) is 27.1 Å². The summed E-state index contributed by atoms with van der Waals surface area (Å²) in [5.74, 6) is 3.28. The molecule has 86 valence electrons. The molecule has 0 radical (unpaired) electrons. The molecule has 0 fully saturated rings. The second kappa shape index (κ2) is 6.40. The molecule has 1 N–H and O–H groups in total. The number of imidazole rings is 1. The minimum Gasteiger partial charge on any atom is -0.321 e. The zero-order valence-electron chi connectivity index (χ0n) is 9.46. The van der Waals surface area contributed by atoms with Gasteiger partial charge in [-0.3, -0.25) is 0 Å². The van der Waals surface area contributed by atoms with E-state index in [1.54, 1.807) is 6.20 Å². The van der Waals surface area contributed by atoms with Crippen molar-refractivity contribution < 1.29 is 0 Å². The summed E-state index contributed by atoms with van der Waals surface area (Å²) >= 11 is 7.84. The van der Waals surface area contributed by atoms with Crippen molar-refractivity contribution in [1.29, 1.82) is 0 Å². The van der Waals surface area contributed by atoms with Crippen molar-refractivity contribution >= 4 is 23.4 Å². The molecule has 1 aromatic rings. The third-order valence-corrected chi connectivity index (χ3v) is 3.70. The molecule has 0 saturated heterocycles. The summed E-state index contributed by atoms with van der Waals surface area (Å²) in [6.45, 7) is 5.14.